The number of aromatic hydroxyl groups is 1. The van der Waals surface area contributed by atoms with Gasteiger partial charge in [-0.15, -0.1) is 0 Å². The van der Waals surface area contributed by atoms with Crippen molar-refractivity contribution in [1.82, 2.24) is 0 Å². The molecule has 0 aliphatic heterocycles. The summed E-state index contributed by atoms with van der Waals surface area (Å²) in [6, 6.07) is 5.82. The maximum Gasteiger partial charge on any atom is 0.115 e. The van der Waals surface area contributed by atoms with Crippen LogP contribution in [0.15, 0.2) is 53.8 Å². The maximum atomic E-state index is 9.81. The minimum Gasteiger partial charge on any atom is -0.508 e. The third-order valence-electron chi connectivity index (χ3n) is 5.42. The largest absolute Gasteiger partial charge is 0.508 e. The summed E-state index contributed by atoms with van der Waals surface area (Å²) in [6.45, 7) is 2.23. The van der Waals surface area contributed by atoms with Crippen LogP contribution in [0, 0.1) is 11.3 Å². The van der Waals surface area contributed by atoms with E-state index in [9.17, 15) is 10.2 Å². The van der Waals surface area contributed by atoms with Crippen LogP contribution in [0.5, 0.6) is 5.75 Å². The van der Waals surface area contributed by atoms with Crippen molar-refractivity contribution >= 4 is 0 Å². The molecular formula is C19H20O2. The summed E-state index contributed by atoms with van der Waals surface area (Å²) in [4.78, 5) is 0. The molecule has 3 atom stereocenters. The van der Waals surface area contributed by atoms with Crippen LogP contribution in [0.25, 0.3) is 0 Å². The summed E-state index contributed by atoms with van der Waals surface area (Å²) in [6.07, 6.45) is 11.5. The number of rotatable bonds is 1. The van der Waals surface area contributed by atoms with E-state index in [-0.39, 0.29) is 5.41 Å². The molecule has 3 unspecified atom stereocenters. The van der Waals surface area contributed by atoms with E-state index in [4.69, 9.17) is 0 Å². The second-order valence-electron chi connectivity index (χ2n) is 6.64. The Hall–Kier alpha value is -1.96. The zero-order valence-electron chi connectivity index (χ0n) is 12.2. The summed E-state index contributed by atoms with van der Waals surface area (Å²) in [5, 5.41) is 19.5. The van der Waals surface area contributed by atoms with Gasteiger partial charge in [0.2, 0.25) is 0 Å². The number of hydrogen-bond donors (Lipinski definition) is 2. The van der Waals surface area contributed by atoms with Crippen LogP contribution in [-0.2, 0) is 6.42 Å². The first-order chi connectivity index (χ1) is 10.1. The molecule has 0 fully saturated rings. The average molecular weight is 280 g/mol. The van der Waals surface area contributed by atoms with Crippen molar-refractivity contribution in [2.45, 2.75) is 32.1 Å². The predicted octanol–water partition coefficient (Wildman–Crippen LogP) is 4.39. The van der Waals surface area contributed by atoms with Gasteiger partial charge in [0.25, 0.3) is 0 Å². The molecule has 3 aliphatic rings. The molecule has 21 heavy (non-hydrogen) atoms. The van der Waals surface area contributed by atoms with Gasteiger partial charge >= 0.3 is 0 Å². The van der Waals surface area contributed by atoms with E-state index in [1.165, 1.54) is 16.7 Å². The summed E-state index contributed by atoms with van der Waals surface area (Å²) in [7, 11) is 0. The lowest BCUT2D eigenvalue weighted by atomic mass is 9.73. The van der Waals surface area contributed by atoms with Crippen LogP contribution in [-0.4, -0.2) is 10.2 Å². The van der Waals surface area contributed by atoms with Crippen molar-refractivity contribution in [2.24, 2.45) is 11.3 Å². The number of aliphatic hydroxyl groups is 1. The molecule has 0 radical (unpaired) electrons. The predicted molar refractivity (Wildman–Crippen MR) is 83.3 cm³/mol. The average Bonchev–Trinajstić information content (AvgIpc) is 2.94. The number of allylic oxidation sites excluding steroid dienone is 5. The van der Waals surface area contributed by atoms with E-state index >= 15 is 0 Å². The fraction of sp³-hybridized carbons (Fsp3) is 0.368. The third-order valence-corrected chi connectivity index (χ3v) is 5.42. The van der Waals surface area contributed by atoms with Crippen molar-refractivity contribution in [3.63, 3.8) is 0 Å². The molecule has 108 valence electrons. The van der Waals surface area contributed by atoms with Gasteiger partial charge in [-0.3, -0.25) is 0 Å². The standard InChI is InChI=1S/C19H20O2/c1-2-18-17-8-16(21)6-4-13(17)10-19(18)9-12-3-5-15(20)7-14(12)11-19/h3-8,11-12,18,20-21H,2,9-10H2,1H3. The first-order valence-corrected chi connectivity index (χ1v) is 7.75. The lowest BCUT2D eigenvalue weighted by Gasteiger charge is -2.30. The van der Waals surface area contributed by atoms with E-state index in [1.807, 2.05) is 18.2 Å². The third kappa shape index (κ3) is 1.78. The summed E-state index contributed by atoms with van der Waals surface area (Å²) in [5.74, 6) is 1.61. The van der Waals surface area contributed by atoms with E-state index in [0.717, 1.165) is 19.3 Å². The van der Waals surface area contributed by atoms with Crippen LogP contribution in [0.3, 0.4) is 0 Å². The molecule has 0 saturated heterocycles. The van der Waals surface area contributed by atoms with Crippen molar-refractivity contribution in [3.05, 3.63) is 65.0 Å². The topological polar surface area (TPSA) is 40.5 Å². The van der Waals surface area contributed by atoms with E-state index in [0.29, 0.717) is 23.3 Å². The van der Waals surface area contributed by atoms with Gasteiger partial charge < -0.3 is 10.2 Å². The Morgan fingerprint density at radius 1 is 1.29 bits per heavy atom. The summed E-state index contributed by atoms with van der Waals surface area (Å²) < 4.78 is 0. The smallest absolute Gasteiger partial charge is 0.115 e. The Labute approximate surface area is 125 Å². The highest BCUT2D eigenvalue weighted by molar-refractivity contribution is 5.50. The van der Waals surface area contributed by atoms with E-state index in [2.05, 4.69) is 25.1 Å². The molecule has 0 bridgehead atoms. The Morgan fingerprint density at radius 3 is 2.95 bits per heavy atom. The number of phenols is 1. The highest BCUT2D eigenvalue weighted by Crippen LogP contribution is 2.59. The van der Waals surface area contributed by atoms with Gasteiger partial charge in [-0.1, -0.05) is 25.1 Å². The van der Waals surface area contributed by atoms with Gasteiger partial charge in [0, 0.05) is 11.3 Å². The summed E-state index contributed by atoms with van der Waals surface area (Å²) >= 11 is 0. The molecule has 1 spiro atoms. The van der Waals surface area contributed by atoms with Crippen molar-refractivity contribution in [2.75, 3.05) is 0 Å². The van der Waals surface area contributed by atoms with Gasteiger partial charge in [0.15, 0.2) is 0 Å². The van der Waals surface area contributed by atoms with Gasteiger partial charge in [0.1, 0.15) is 11.5 Å². The first kappa shape index (κ1) is 12.8. The van der Waals surface area contributed by atoms with Gasteiger partial charge in [-0.05, 0) is 66.2 Å². The molecule has 0 heterocycles. The molecule has 2 N–H and O–H groups in total. The van der Waals surface area contributed by atoms with E-state index in [1.54, 1.807) is 6.07 Å². The minimum atomic E-state index is 0.149. The number of aliphatic hydroxyl groups excluding tert-OH is 1. The zero-order valence-corrected chi connectivity index (χ0v) is 12.2. The van der Waals surface area contributed by atoms with Crippen LogP contribution < -0.4 is 0 Å². The SMILES string of the molecule is CCC1c2cc(O)ccc2CC12C=C1C=C(O)C=CC1C2. The number of phenolic OH excluding ortho intramolecular Hbond substituents is 1. The Kier molecular flexibility index (Phi) is 2.59. The molecule has 0 saturated carbocycles. The highest BCUT2D eigenvalue weighted by Gasteiger charge is 2.48. The molecule has 4 rings (SSSR count). The second kappa shape index (κ2) is 4.27. The molecule has 0 amide bonds. The monoisotopic (exact) mass is 280 g/mol. The second-order valence-corrected chi connectivity index (χ2v) is 6.64. The normalized spacial score (nSPS) is 32.8. The molecule has 0 aromatic heterocycles. The maximum absolute atomic E-state index is 9.81. The van der Waals surface area contributed by atoms with E-state index < -0.39 is 0 Å². The summed E-state index contributed by atoms with van der Waals surface area (Å²) in [5.41, 5.74) is 4.08. The van der Waals surface area contributed by atoms with Crippen LogP contribution in [0.4, 0.5) is 0 Å². The highest BCUT2D eigenvalue weighted by atomic mass is 16.3. The first-order valence-electron chi connectivity index (χ1n) is 7.75. The molecule has 2 nitrogen and oxygen atoms in total. The quantitative estimate of drug-likeness (QED) is 0.801. The molecule has 2 heteroatoms. The fourth-order valence-electron chi connectivity index (χ4n) is 4.63. The number of benzene rings is 1. The van der Waals surface area contributed by atoms with Crippen LogP contribution in [0.1, 0.15) is 36.8 Å². The number of hydrogen-bond acceptors (Lipinski definition) is 2. The molecule has 1 aromatic rings. The van der Waals surface area contributed by atoms with Crippen LogP contribution >= 0.6 is 0 Å². The molecule has 1 aromatic carbocycles. The molecule has 3 aliphatic carbocycles. The number of fused-ring (bicyclic) bond motifs is 2. The van der Waals surface area contributed by atoms with Gasteiger partial charge in [0.05, 0.1) is 0 Å². The van der Waals surface area contributed by atoms with Crippen molar-refractivity contribution in [3.8, 4) is 5.75 Å². The minimum absolute atomic E-state index is 0.149. The van der Waals surface area contributed by atoms with Gasteiger partial charge in [-0.2, -0.15) is 0 Å². The Bertz CT molecular complexity index is 696. The Balaban J connectivity index is 1.79. The van der Waals surface area contributed by atoms with Gasteiger partial charge in [-0.25, -0.2) is 0 Å². The lowest BCUT2D eigenvalue weighted by Crippen LogP contribution is -2.22. The zero-order chi connectivity index (χ0) is 14.6. The van der Waals surface area contributed by atoms with Crippen molar-refractivity contribution in [1.29, 1.82) is 0 Å². The fourth-order valence-corrected chi connectivity index (χ4v) is 4.63. The lowest BCUT2D eigenvalue weighted by molar-refractivity contribution is 0.298. The van der Waals surface area contributed by atoms with Crippen molar-refractivity contribution < 1.29 is 10.2 Å². The Morgan fingerprint density at radius 2 is 2.14 bits per heavy atom. The molecular weight excluding hydrogens is 260 g/mol. The van der Waals surface area contributed by atoms with Crippen LogP contribution in [0.2, 0.25) is 0 Å².